The molecular weight excluding hydrogens is 262 g/mol. The van der Waals surface area contributed by atoms with Gasteiger partial charge in [-0.05, 0) is 30.5 Å². The fourth-order valence-electron chi connectivity index (χ4n) is 2.64. The second-order valence-corrected chi connectivity index (χ2v) is 5.82. The van der Waals surface area contributed by atoms with E-state index in [0.29, 0.717) is 6.04 Å². The number of aliphatic imine (C=N–C) groups is 1. The van der Waals surface area contributed by atoms with Crippen LogP contribution in [-0.2, 0) is 6.54 Å². The molecule has 1 aromatic rings. The highest BCUT2D eigenvalue weighted by Gasteiger charge is 2.14. The van der Waals surface area contributed by atoms with E-state index in [2.05, 4.69) is 26.7 Å². The molecule has 21 heavy (non-hydrogen) atoms. The molecule has 0 amide bonds. The number of nitrogens with zero attached hydrogens (tertiary/aromatic N) is 3. The van der Waals surface area contributed by atoms with E-state index in [1.165, 1.54) is 37.7 Å². The molecule has 0 saturated heterocycles. The first kappa shape index (κ1) is 15.6. The number of hydrogen-bond donors (Lipinski definition) is 2. The van der Waals surface area contributed by atoms with Crippen LogP contribution in [0.25, 0.3) is 0 Å². The largest absolute Gasteiger partial charge is 0.363 e. The van der Waals surface area contributed by atoms with Gasteiger partial charge in [-0.1, -0.05) is 19.3 Å². The van der Waals surface area contributed by atoms with E-state index < -0.39 is 0 Å². The first-order valence-corrected chi connectivity index (χ1v) is 7.78. The Labute approximate surface area is 127 Å². The van der Waals surface area contributed by atoms with E-state index in [9.17, 15) is 0 Å². The molecule has 0 spiro atoms. The Balaban J connectivity index is 1.86. The van der Waals surface area contributed by atoms with Crippen LogP contribution in [0.5, 0.6) is 0 Å². The molecule has 1 fully saturated rings. The molecule has 0 atom stereocenters. The number of pyridine rings is 1. The van der Waals surface area contributed by atoms with Crippen LogP contribution < -0.4 is 15.5 Å². The second kappa shape index (κ2) is 7.86. The Morgan fingerprint density at radius 3 is 2.76 bits per heavy atom. The summed E-state index contributed by atoms with van der Waals surface area (Å²) in [5.41, 5.74) is 1.21. The van der Waals surface area contributed by atoms with Gasteiger partial charge in [-0.2, -0.15) is 0 Å². The van der Waals surface area contributed by atoms with Crippen LogP contribution in [0.4, 0.5) is 5.82 Å². The van der Waals surface area contributed by atoms with Crippen molar-refractivity contribution in [3.8, 4) is 0 Å². The number of hydrogen-bond acceptors (Lipinski definition) is 3. The fraction of sp³-hybridized carbons (Fsp3) is 0.625. The van der Waals surface area contributed by atoms with Gasteiger partial charge in [0.05, 0.1) is 0 Å². The van der Waals surface area contributed by atoms with Gasteiger partial charge in [-0.3, -0.25) is 4.99 Å². The van der Waals surface area contributed by atoms with Gasteiger partial charge in [0.1, 0.15) is 5.82 Å². The van der Waals surface area contributed by atoms with Crippen LogP contribution in [0.2, 0.25) is 0 Å². The SMILES string of the molecule is CN=C(NCc1ccnc(N(C)C)c1)NC1CCCCC1. The minimum Gasteiger partial charge on any atom is -0.363 e. The molecule has 1 aliphatic rings. The number of rotatable bonds is 4. The quantitative estimate of drug-likeness (QED) is 0.659. The maximum absolute atomic E-state index is 4.33. The second-order valence-electron chi connectivity index (χ2n) is 5.82. The predicted octanol–water partition coefficient (Wildman–Crippen LogP) is 2.15. The van der Waals surface area contributed by atoms with Crippen LogP contribution in [0.15, 0.2) is 23.3 Å². The third-order valence-corrected chi connectivity index (χ3v) is 3.90. The molecule has 5 heteroatoms. The van der Waals surface area contributed by atoms with Crippen LogP contribution in [0.1, 0.15) is 37.7 Å². The summed E-state index contributed by atoms with van der Waals surface area (Å²) >= 11 is 0. The zero-order chi connectivity index (χ0) is 15.1. The van der Waals surface area contributed by atoms with Crippen LogP contribution >= 0.6 is 0 Å². The minimum atomic E-state index is 0.569. The summed E-state index contributed by atoms with van der Waals surface area (Å²) in [6, 6.07) is 4.70. The van der Waals surface area contributed by atoms with Crippen molar-refractivity contribution >= 4 is 11.8 Å². The average molecular weight is 289 g/mol. The smallest absolute Gasteiger partial charge is 0.191 e. The van der Waals surface area contributed by atoms with E-state index in [0.717, 1.165) is 18.3 Å². The molecule has 1 saturated carbocycles. The molecule has 2 rings (SSSR count). The first-order valence-electron chi connectivity index (χ1n) is 7.78. The van der Waals surface area contributed by atoms with Gasteiger partial charge in [-0.25, -0.2) is 4.98 Å². The molecule has 1 aliphatic carbocycles. The van der Waals surface area contributed by atoms with E-state index >= 15 is 0 Å². The molecule has 0 aliphatic heterocycles. The van der Waals surface area contributed by atoms with E-state index in [4.69, 9.17) is 0 Å². The highest BCUT2D eigenvalue weighted by Crippen LogP contribution is 2.17. The molecule has 0 unspecified atom stereocenters. The van der Waals surface area contributed by atoms with Crippen molar-refractivity contribution in [2.45, 2.75) is 44.7 Å². The van der Waals surface area contributed by atoms with Gasteiger partial charge >= 0.3 is 0 Å². The van der Waals surface area contributed by atoms with Crippen molar-refractivity contribution in [3.05, 3.63) is 23.9 Å². The van der Waals surface area contributed by atoms with Crippen molar-refractivity contribution in [2.24, 2.45) is 4.99 Å². The third kappa shape index (κ3) is 4.92. The Morgan fingerprint density at radius 2 is 2.10 bits per heavy atom. The average Bonchev–Trinajstić information content (AvgIpc) is 2.52. The normalized spacial score (nSPS) is 16.6. The summed E-state index contributed by atoms with van der Waals surface area (Å²) in [6.45, 7) is 0.760. The number of nitrogens with one attached hydrogen (secondary N) is 2. The Bertz CT molecular complexity index is 463. The number of aromatic nitrogens is 1. The monoisotopic (exact) mass is 289 g/mol. The lowest BCUT2D eigenvalue weighted by Crippen LogP contribution is -2.43. The summed E-state index contributed by atoms with van der Waals surface area (Å²) in [4.78, 5) is 10.7. The summed E-state index contributed by atoms with van der Waals surface area (Å²) < 4.78 is 0. The van der Waals surface area contributed by atoms with E-state index in [1.54, 1.807) is 0 Å². The maximum atomic E-state index is 4.33. The van der Waals surface area contributed by atoms with Crippen LogP contribution in [0.3, 0.4) is 0 Å². The Kier molecular flexibility index (Phi) is 5.84. The molecule has 2 N–H and O–H groups in total. The predicted molar refractivity (Wildman–Crippen MR) is 88.8 cm³/mol. The van der Waals surface area contributed by atoms with Gasteiger partial charge in [0.2, 0.25) is 0 Å². The highest BCUT2D eigenvalue weighted by molar-refractivity contribution is 5.79. The zero-order valence-electron chi connectivity index (χ0n) is 13.4. The van der Waals surface area contributed by atoms with Gasteiger partial charge in [0, 0.05) is 39.9 Å². The lowest BCUT2D eigenvalue weighted by molar-refractivity contribution is 0.410. The Hall–Kier alpha value is -1.78. The highest BCUT2D eigenvalue weighted by atomic mass is 15.2. The van der Waals surface area contributed by atoms with Crippen molar-refractivity contribution in [2.75, 3.05) is 26.0 Å². The first-order chi connectivity index (χ1) is 10.2. The van der Waals surface area contributed by atoms with Gasteiger partial charge in [0.25, 0.3) is 0 Å². The van der Waals surface area contributed by atoms with Crippen molar-refractivity contribution in [1.82, 2.24) is 15.6 Å². The summed E-state index contributed by atoms with van der Waals surface area (Å²) in [7, 11) is 5.84. The standard InChI is InChI=1S/C16H27N5/c1-17-16(20-14-7-5-4-6-8-14)19-12-13-9-10-18-15(11-13)21(2)3/h9-11,14H,4-8,12H2,1-3H3,(H2,17,19,20). The van der Waals surface area contributed by atoms with Crippen LogP contribution in [-0.4, -0.2) is 38.1 Å². The van der Waals surface area contributed by atoms with Crippen molar-refractivity contribution in [1.29, 1.82) is 0 Å². The van der Waals surface area contributed by atoms with Gasteiger partial charge in [-0.15, -0.1) is 0 Å². The summed E-state index contributed by atoms with van der Waals surface area (Å²) in [5, 5.41) is 6.92. The summed E-state index contributed by atoms with van der Waals surface area (Å²) in [5.74, 6) is 1.87. The molecule has 0 bridgehead atoms. The Morgan fingerprint density at radius 1 is 1.33 bits per heavy atom. The summed E-state index contributed by atoms with van der Waals surface area (Å²) in [6.07, 6.45) is 8.37. The molecule has 116 valence electrons. The van der Waals surface area contributed by atoms with Gasteiger partial charge < -0.3 is 15.5 Å². The lowest BCUT2D eigenvalue weighted by atomic mass is 9.96. The van der Waals surface area contributed by atoms with Gasteiger partial charge in [0.15, 0.2) is 5.96 Å². The minimum absolute atomic E-state index is 0.569. The van der Waals surface area contributed by atoms with Crippen molar-refractivity contribution < 1.29 is 0 Å². The zero-order valence-corrected chi connectivity index (χ0v) is 13.4. The third-order valence-electron chi connectivity index (χ3n) is 3.90. The van der Waals surface area contributed by atoms with E-state index in [1.807, 2.05) is 38.3 Å². The maximum Gasteiger partial charge on any atom is 0.191 e. The topological polar surface area (TPSA) is 52.6 Å². The lowest BCUT2D eigenvalue weighted by Gasteiger charge is -2.25. The number of anilines is 1. The molecule has 0 aromatic carbocycles. The van der Waals surface area contributed by atoms with Crippen molar-refractivity contribution in [3.63, 3.8) is 0 Å². The molecule has 1 heterocycles. The molecule has 5 nitrogen and oxygen atoms in total. The molecule has 0 radical (unpaired) electrons. The fourth-order valence-corrected chi connectivity index (χ4v) is 2.64. The molecule has 1 aromatic heterocycles. The van der Waals surface area contributed by atoms with Crippen LogP contribution in [0, 0.1) is 0 Å². The molecular formula is C16H27N5. The number of guanidine groups is 1. The van der Waals surface area contributed by atoms with E-state index in [-0.39, 0.29) is 0 Å².